The van der Waals surface area contributed by atoms with Gasteiger partial charge >= 0.3 is 0 Å². The summed E-state index contributed by atoms with van der Waals surface area (Å²) < 4.78 is 2.00. The lowest BCUT2D eigenvalue weighted by atomic mass is 9.93. The normalized spacial score (nSPS) is 18.7. The van der Waals surface area contributed by atoms with Crippen LogP contribution in [0.25, 0.3) is 0 Å². The molecule has 27 heavy (non-hydrogen) atoms. The van der Waals surface area contributed by atoms with Gasteiger partial charge in [-0.3, -0.25) is 9.48 Å². The van der Waals surface area contributed by atoms with Crippen LogP contribution in [0.3, 0.4) is 0 Å². The Morgan fingerprint density at radius 1 is 1.00 bits per heavy atom. The molecule has 0 N–H and O–H groups in total. The first-order valence-electron chi connectivity index (χ1n) is 10.4. The Hall–Kier alpha value is -2.30. The number of carbonyl (C=O) groups is 1. The molecule has 2 aliphatic rings. The lowest BCUT2D eigenvalue weighted by Gasteiger charge is -2.32. The van der Waals surface area contributed by atoms with E-state index in [-0.39, 0.29) is 5.91 Å². The quantitative estimate of drug-likeness (QED) is 0.808. The predicted octanol–water partition coefficient (Wildman–Crippen LogP) is 3.82. The predicted molar refractivity (Wildman–Crippen MR) is 108 cm³/mol. The van der Waals surface area contributed by atoms with Crippen LogP contribution in [-0.2, 0) is 6.54 Å². The Kier molecular flexibility index (Phi) is 5.75. The van der Waals surface area contributed by atoms with Gasteiger partial charge in [0.15, 0.2) is 0 Å². The first kappa shape index (κ1) is 18.1. The molecule has 3 heterocycles. The number of piperidine rings is 2. The number of benzene rings is 1. The van der Waals surface area contributed by atoms with E-state index in [1.54, 1.807) is 0 Å². The van der Waals surface area contributed by atoms with Gasteiger partial charge in [-0.25, -0.2) is 0 Å². The number of hydrogen-bond acceptors (Lipinski definition) is 3. The van der Waals surface area contributed by atoms with E-state index < -0.39 is 0 Å². The monoisotopic (exact) mass is 366 g/mol. The minimum atomic E-state index is 0.186. The zero-order valence-electron chi connectivity index (χ0n) is 16.1. The third-order valence-corrected chi connectivity index (χ3v) is 6.06. The van der Waals surface area contributed by atoms with Crippen LogP contribution in [-0.4, -0.2) is 46.8 Å². The molecule has 1 amide bonds. The Labute approximate surface area is 162 Å². The van der Waals surface area contributed by atoms with E-state index in [1.165, 1.54) is 24.9 Å². The Bertz CT molecular complexity index is 711. The molecule has 5 heteroatoms. The molecule has 4 rings (SSSR count). The number of amides is 1. The summed E-state index contributed by atoms with van der Waals surface area (Å²) in [7, 11) is 0. The van der Waals surface area contributed by atoms with Crippen molar-refractivity contribution >= 4 is 11.6 Å². The van der Waals surface area contributed by atoms with Crippen molar-refractivity contribution in [3.05, 3.63) is 48.3 Å². The van der Waals surface area contributed by atoms with E-state index in [0.717, 1.165) is 57.5 Å². The Morgan fingerprint density at radius 3 is 2.41 bits per heavy atom. The second-order valence-corrected chi connectivity index (χ2v) is 7.89. The zero-order chi connectivity index (χ0) is 18.5. The largest absolute Gasteiger partial charge is 0.372 e. The molecule has 5 nitrogen and oxygen atoms in total. The van der Waals surface area contributed by atoms with E-state index in [2.05, 4.69) is 22.1 Å². The van der Waals surface area contributed by atoms with Gasteiger partial charge in [0.2, 0.25) is 0 Å². The average molecular weight is 367 g/mol. The molecular weight excluding hydrogens is 336 g/mol. The maximum absolute atomic E-state index is 12.8. The van der Waals surface area contributed by atoms with Crippen molar-refractivity contribution < 1.29 is 4.79 Å². The molecule has 0 aliphatic carbocycles. The molecule has 2 aliphatic heterocycles. The van der Waals surface area contributed by atoms with Gasteiger partial charge in [0, 0.05) is 56.4 Å². The van der Waals surface area contributed by atoms with Gasteiger partial charge in [-0.05, 0) is 74.8 Å². The summed E-state index contributed by atoms with van der Waals surface area (Å²) in [5, 5.41) is 4.27. The van der Waals surface area contributed by atoms with Crippen LogP contribution in [0, 0.1) is 5.92 Å². The maximum Gasteiger partial charge on any atom is 0.253 e. The van der Waals surface area contributed by atoms with Crippen molar-refractivity contribution in [3.63, 3.8) is 0 Å². The van der Waals surface area contributed by atoms with Crippen molar-refractivity contribution in [2.45, 2.75) is 45.1 Å². The summed E-state index contributed by atoms with van der Waals surface area (Å²) >= 11 is 0. The SMILES string of the molecule is O=C(c1ccc(N2CCCCC2)cc1)N1CCC(CCn2cccn2)CC1. The summed E-state index contributed by atoms with van der Waals surface area (Å²) in [5.41, 5.74) is 2.08. The van der Waals surface area contributed by atoms with Gasteiger partial charge < -0.3 is 9.80 Å². The van der Waals surface area contributed by atoms with Crippen LogP contribution in [0.15, 0.2) is 42.7 Å². The molecule has 0 atom stereocenters. The minimum absolute atomic E-state index is 0.186. The third-order valence-electron chi connectivity index (χ3n) is 6.06. The molecular formula is C22H30N4O. The molecule has 0 spiro atoms. The van der Waals surface area contributed by atoms with Gasteiger partial charge in [0.1, 0.15) is 0 Å². The standard InChI is InChI=1S/C22H30N4O/c27-22(20-5-7-21(8-6-20)24-13-2-1-3-14-24)25-16-9-19(10-17-25)11-18-26-15-4-12-23-26/h4-8,12,15,19H,1-3,9-11,13-14,16-18H2. The van der Waals surface area contributed by atoms with Crippen molar-refractivity contribution in [3.8, 4) is 0 Å². The highest BCUT2D eigenvalue weighted by molar-refractivity contribution is 5.94. The fourth-order valence-electron chi connectivity index (χ4n) is 4.32. The van der Waals surface area contributed by atoms with E-state index >= 15 is 0 Å². The second kappa shape index (κ2) is 8.59. The van der Waals surface area contributed by atoms with Gasteiger partial charge in [-0.15, -0.1) is 0 Å². The van der Waals surface area contributed by atoms with E-state index in [9.17, 15) is 4.79 Å². The number of hydrogen-bond donors (Lipinski definition) is 0. The summed E-state index contributed by atoms with van der Waals surface area (Å²) in [4.78, 5) is 17.3. The molecule has 1 aromatic carbocycles. The number of rotatable bonds is 5. The number of anilines is 1. The first-order valence-corrected chi connectivity index (χ1v) is 10.4. The van der Waals surface area contributed by atoms with Gasteiger partial charge in [-0.2, -0.15) is 5.10 Å². The lowest BCUT2D eigenvalue weighted by Crippen LogP contribution is -2.38. The number of aryl methyl sites for hydroxylation is 1. The molecule has 2 aromatic rings. The van der Waals surface area contributed by atoms with Crippen LogP contribution in [0.1, 0.15) is 48.9 Å². The molecule has 144 valence electrons. The van der Waals surface area contributed by atoms with Crippen LogP contribution >= 0.6 is 0 Å². The Balaban J connectivity index is 1.27. The molecule has 1 aromatic heterocycles. The van der Waals surface area contributed by atoms with Gasteiger partial charge in [-0.1, -0.05) is 0 Å². The smallest absolute Gasteiger partial charge is 0.253 e. The molecule has 2 fully saturated rings. The highest BCUT2D eigenvalue weighted by Gasteiger charge is 2.23. The highest BCUT2D eigenvalue weighted by Crippen LogP contribution is 2.24. The number of nitrogens with zero attached hydrogens (tertiary/aromatic N) is 4. The molecule has 0 radical (unpaired) electrons. The van der Waals surface area contributed by atoms with E-state index in [1.807, 2.05) is 40.2 Å². The average Bonchev–Trinajstić information content (AvgIpc) is 3.27. The van der Waals surface area contributed by atoms with E-state index in [0.29, 0.717) is 5.92 Å². The molecule has 0 saturated carbocycles. The highest BCUT2D eigenvalue weighted by atomic mass is 16.2. The van der Waals surface area contributed by atoms with Gasteiger partial charge in [0.25, 0.3) is 5.91 Å². The van der Waals surface area contributed by atoms with Crippen LogP contribution in [0.2, 0.25) is 0 Å². The zero-order valence-corrected chi connectivity index (χ0v) is 16.1. The third kappa shape index (κ3) is 4.52. The lowest BCUT2D eigenvalue weighted by molar-refractivity contribution is 0.0684. The van der Waals surface area contributed by atoms with Crippen LogP contribution < -0.4 is 4.90 Å². The van der Waals surface area contributed by atoms with Crippen molar-refractivity contribution in [1.29, 1.82) is 0 Å². The number of aromatic nitrogens is 2. The summed E-state index contributed by atoms with van der Waals surface area (Å²) in [6.45, 7) is 5.00. The fraction of sp³-hybridized carbons (Fsp3) is 0.545. The topological polar surface area (TPSA) is 41.4 Å². The van der Waals surface area contributed by atoms with Gasteiger partial charge in [0.05, 0.1) is 0 Å². The minimum Gasteiger partial charge on any atom is -0.372 e. The first-order chi connectivity index (χ1) is 13.3. The van der Waals surface area contributed by atoms with Crippen molar-refractivity contribution in [1.82, 2.24) is 14.7 Å². The summed E-state index contributed by atoms with van der Waals surface area (Å²) in [6, 6.07) is 10.2. The Morgan fingerprint density at radius 2 is 1.74 bits per heavy atom. The summed E-state index contributed by atoms with van der Waals surface area (Å²) in [5.74, 6) is 0.880. The molecule has 2 saturated heterocycles. The maximum atomic E-state index is 12.8. The van der Waals surface area contributed by atoms with Crippen molar-refractivity contribution in [2.75, 3.05) is 31.1 Å². The molecule has 0 unspecified atom stereocenters. The number of carbonyl (C=O) groups excluding carboxylic acids is 1. The van der Waals surface area contributed by atoms with Crippen LogP contribution in [0.4, 0.5) is 5.69 Å². The second-order valence-electron chi connectivity index (χ2n) is 7.89. The van der Waals surface area contributed by atoms with Crippen LogP contribution in [0.5, 0.6) is 0 Å². The van der Waals surface area contributed by atoms with E-state index in [4.69, 9.17) is 0 Å². The molecule has 0 bridgehead atoms. The fourth-order valence-corrected chi connectivity index (χ4v) is 4.32. The van der Waals surface area contributed by atoms with Crippen molar-refractivity contribution in [2.24, 2.45) is 5.92 Å². The number of likely N-dealkylation sites (tertiary alicyclic amines) is 1. The summed E-state index contributed by atoms with van der Waals surface area (Å²) in [6.07, 6.45) is 11.1.